The summed E-state index contributed by atoms with van der Waals surface area (Å²) >= 11 is 0. The molecule has 102 valence electrons. The van der Waals surface area contributed by atoms with Gasteiger partial charge in [0.25, 0.3) is 5.91 Å². The van der Waals surface area contributed by atoms with Crippen LogP contribution in [-0.2, 0) is 9.84 Å². The van der Waals surface area contributed by atoms with Gasteiger partial charge in [-0.1, -0.05) is 18.2 Å². The van der Waals surface area contributed by atoms with Crippen molar-refractivity contribution in [1.82, 2.24) is 9.88 Å². The zero-order valence-corrected chi connectivity index (χ0v) is 11.5. The number of carbonyl (C=O) groups is 1. The third-order valence-corrected chi connectivity index (χ3v) is 5.40. The Morgan fingerprint density at radius 2 is 1.80 bits per heavy atom. The van der Waals surface area contributed by atoms with E-state index in [2.05, 4.69) is 4.98 Å². The summed E-state index contributed by atoms with van der Waals surface area (Å²) in [6.07, 6.45) is 1.50. The first-order valence-corrected chi connectivity index (χ1v) is 7.59. The molecule has 1 aliphatic rings. The Kier molecular flexibility index (Phi) is 2.83. The van der Waals surface area contributed by atoms with Crippen LogP contribution in [0.5, 0.6) is 0 Å². The zero-order valence-electron chi connectivity index (χ0n) is 10.7. The van der Waals surface area contributed by atoms with Crippen LogP contribution in [0.2, 0.25) is 0 Å². The number of aromatic nitrogens is 1. The van der Waals surface area contributed by atoms with E-state index >= 15 is 0 Å². The molecular weight excluding hydrogens is 276 g/mol. The minimum absolute atomic E-state index is 0.183. The summed E-state index contributed by atoms with van der Waals surface area (Å²) in [5, 5.41) is -1.06. The number of rotatable bonds is 2. The lowest BCUT2D eigenvalue weighted by atomic mass is 10.2. The van der Waals surface area contributed by atoms with E-state index in [9.17, 15) is 13.2 Å². The molecule has 2 aromatic rings. The first kappa shape index (κ1) is 12.8. The molecule has 2 heterocycles. The van der Waals surface area contributed by atoms with E-state index in [0.717, 1.165) is 0 Å². The van der Waals surface area contributed by atoms with Crippen molar-refractivity contribution in [2.24, 2.45) is 0 Å². The summed E-state index contributed by atoms with van der Waals surface area (Å²) in [7, 11) is -2.21. The van der Waals surface area contributed by atoms with Crippen LogP contribution in [0.4, 0.5) is 0 Å². The fourth-order valence-electron chi connectivity index (χ4n) is 2.37. The largest absolute Gasteiger partial charge is 0.319 e. The SMILES string of the molecule is CN1C(=O)c2cccnc2C1S(=O)(=O)c1ccccc1. The van der Waals surface area contributed by atoms with Gasteiger partial charge in [0, 0.05) is 13.2 Å². The van der Waals surface area contributed by atoms with Crippen LogP contribution in [-0.4, -0.2) is 31.3 Å². The van der Waals surface area contributed by atoms with Crippen molar-refractivity contribution in [3.8, 4) is 0 Å². The van der Waals surface area contributed by atoms with Crippen LogP contribution < -0.4 is 0 Å². The fourth-order valence-corrected chi connectivity index (χ4v) is 4.16. The monoisotopic (exact) mass is 288 g/mol. The Bertz CT molecular complexity index is 772. The lowest BCUT2D eigenvalue weighted by molar-refractivity contribution is 0.0808. The normalized spacial score (nSPS) is 18.1. The van der Waals surface area contributed by atoms with Crippen LogP contribution in [0.15, 0.2) is 53.6 Å². The molecule has 0 N–H and O–H groups in total. The van der Waals surface area contributed by atoms with E-state index in [1.54, 1.807) is 30.3 Å². The second-order valence-electron chi connectivity index (χ2n) is 4.56. The standard InChI is InChI=1S/C14H12N2O3S/c1-16-13(17)11-8-5-9-15-12(11)14(16)20(18,19)10-6-3-2-4-7-10/h2-9,14H,1H3. The van der Waals surface area contributed by atoms with Crippen molar-refractivity contribution in [2.75, 3.05) is 7.05 Å². The van der Waals surface area contributed by atoms with Gasteiger partial charge in [-0.25, -0.2) is 8.42 Å². The molecule has 1 aromatic carbocycles. The predicted molar refractivity (Wildman–Crippen MR) is 72.7 cm³/mol. The van der Waals surface area contributed by atoms with Crippen molar-refractivity contribution in [2.45, 2.75) is 10.3 Å². The van der Waals surface area contributed by atoms with Gasteiger partial charge < -0.3 is 4.90 Å². The van der Waals surface area contributed by atoms with E-state index in [-0.39, 0.29) is 10.8 Å². The number of sulfone groups is 1. The van der Waals surface area contributed by atoms with Crippen molar-refractivity contribution < 1.29 is 13.2 Å². The van der Waals surface area contributed by atoms with Crippen LogP contribution in [0.25, 0.3) is 0 Å². The van der Waals surface area contributed by atoms with Gasteiger partial charge in [-0.05, 0) is 24.3 Å². The van der Waals surface area contributed by atoms with Crippen molar-refractivity contribution in [1.29, 1.82) is 0 Å². The number of amides is 1. The third kappa shape index (κ3) is 1.72. The van der Waals surface area contributed by atoms with Gasteiger partial charge in [-0.3, -0.25) is 9.78 Å². The molecule has 1 amide bonds. The predicted octanol–water partition coefficient (Wildman–Crippen LogP) is 1.64. The number of hydrogen-bond acceptors (Lipinski definition) is 4. The number of benzene rings is 1. The number of nitrogens with zero attached hydrogens (tertiary/aromatic N) is 2. The maximum atomic E-state index is 12.7. The molecule has 1 aromatic heterocycles. The highest BCUT2D eigenvalue weighted by Gasteiger charge is 2.44. The smallest absolute Gasteiger partial charge is 0.256 e. The summed E-state index contributed by atoms with van der Waals surface area (Å²) < 4.78 is 25.4. The molecule has 0 spiro atoms. The van der Waals surface area contributed by atoms with E-state index in [0.29, 0.717) is 11.3 Å². The Balaban J connectivity index is 2.18. The molecule has 20 heavy (non-hydrogen) atoms. The van der Waals surface area contributed by atoms with Crippen LogP contribution in [0, 0.1) is 0 Å². The van der Waals surface area contributed by atoms with Gasteiger partial charge in [0.1, 0.15) is 0 Å². The van der Waals surface area contributed by atoms with Gasteiger partial charge in [-0.15, -0.1) is 0 Å². The van der Waals surface area contributed by atoms with Crippen LogP contribution >= 0.6 is 0 Å². The van der Waals surface area contributed by atoms with Gasteiger partial charge in [0.2, 0.25) is 9.84 Å². The van der Waals surface area contributed by atoms with Gasteiger partial charge in [0.15, 0.2) is 5.37 Å². The molecule has 5 nitrogen and oxygen atoms in total. The van der Waals surface area contributed by atoms with Crippen molar-refractivity contribution in [3.63, 3.8) is 0 Å². The summed E-state index contributed by atoms with van der Waals surface area (Å²) in [4.78, 5) is 17.6. The van der Waals surface area contributed by atoms with Crippen LogP contribution in [0.3, 0.4) is 0 Å². The number of carbonyl (C=O) groups excluding carboxylic acids is 1. The molecule has 0 aliphatic carbocycles. The molecule has 1 aliphatic heterocycles. The Hall–Kier alpha value is -2.21. The average molecular weight is 288 g/mol. The Labute approximate surface area is 116 Å². The van der Waals surface area contributed by atoms with Gasteiger partial charge in [-0.2, -0.15) is 0 Å². The van der Waals surface area contributed by atoms with Crippen molar-refractivity contribution >= 4 is 15.7 Å². The van der Waals surface area contributed by atoms with Crippen LogP contribution in [0.1, 0.15) is 21.4 Å². The average Bonchev–Trinajstić information content (AvgIpc) is 2.73. The Morgan fingerprint density at radius 1 is 1.10 bits per heavy atom. The molecular formula is C14H12N2O3S. The quantitative estimate of drug-likeness (QED) is 0.842. The van der Waals surface area contributed by atoms with E-state index in [4.69, 9.17) is 0 Å². The molecule has 0 fully saturated rings. The van der Waals surface area contributed by atoms with Gasteiger partial charge in [0.05, 0.1) is 16.2 Å². The van der Waals surface area contributed by atoms with E-state index in [1.807, 2.05) is 0 Å². The maximum Gasteiger partial charge on any atom is 0.256 e. The fraction of sp³-hybridized carbons (Fsp3) is 0.143. The number of hydrogen-bond donors (Lipinski definition) is 0. The van der Waals surface area contributed by atoms with E-state index < -0.39 is 15.2 Å². The molecule has 0 radical (unpaired) electrons. The summed E-state index contributed by atoms with van der Waals surface area (Å²) in [5.74, 6) is -0.322. The molecule has 3 rings (SSSR count). The van der Waals surface area contributed by atoms with Gasteiger partial charge >= 0.3 is 0 Å². The minimum Gasteiger partial charge on any atom is -0.319 e. The number of pyridine rings is 1. The summed E-state index contributed by atoms with van der Waals surface area (Å²) in [6.45, 7) is 0. The molecule has 1 atom stereocenters. The minimum atomic E-state index is -3.69. The number of fused-ring (bicyclic) bond motifs is 1. The first-order valence-electron chi connectivity index (χ1n) is 6.04. The highest BCUT2D eigenvalue weighted by Crippen LogP contribution is 2.37. The van der Waals surface area contributed by atoms with E-state index in [1.165, 1.54) is 30.3 Å². The molecule has 0 saturated heterocycles. The second kappa shape index (κ2) is 4.42. The molecule has 6 heteroatoms. The molecule has 1 unspecified atom stereocenters. The lowest BCUT2D eigenvalue weighted by Gasteiger charge is -2.20. The van der Waals surface area contributed by atoms with Crippen molar-refractivity contribution in [3.05, 3.63) is 59.9 Å². The highest BCUT2D eigenvalue weighted by molar-refractivity contribution is 7.91. The molecule has 0 saturated carbocycles. The topological polar surface area (TPSA) is 67.3 Å². The first-order chi connectivity index (χ1) is 9.53. The summed E-state index contributed by atoms with van der Waals surface area (Å²) in [6, 6.07) is 11.3. The summed E-state index contributed by atoms with van der Waals surface area (Å²) in [5.41, 5.74) is 0.642. The maximum absolute atomic E-state index is 12.7. The lowest BCUT2D eigenvalue weighted by Crippen LogP contribution is -2.29. The molecule has 0 bridgehead atoms. The highest BCUT2D eigenvalue weighted by atomic mass is 32.2. The second-order valence-corrected chi connectivity index (χ2v) is 6.57. The third-order valence-electron chi connectivity index (χ3n) is 3.34. The Morgan fingerprint density at radius 3 is 2.50 bits per heavy atom. The zero-order chi connectivity index (χ0) is 14.3.